The topological polar surface area (TPSA) is 59.0 Å². The molecular weight excluding hydrogens is 248 g/mol. The standard InChI is InChI=1S/C12H16N4OS/c1-8-7-11(16(3)15-8)14-12(17)13-9(2)10-5-4-6-18-10/h4-7,9H,1-3H3,(H2,13,14,17)/t9-/m0/s1. The van der Waals surface area contributed by atoms with Crippen molar-refractivity contribution < 1.29 is 4.79 Å². The van der Waals surface area contributed by atoms with Crippen LogP contribution < -0.4 is 10.6 Å². The average Bonchev–Trinajstić information content (AvgIpc) is 2.89. The molecule has 0 aliphatic rings. The number of rotatable bonds is 3. The van der Waals surface area contributed by atoms with E-state index in [9.17, 15) is 4.79 Å². The highest BCUT2D eigenvalue weighted by molar-refractivity contribution is 7.10. The van der Waals surface area contributed by atoms with Gasteiger partial charge in [0, 0.05) is 18.0 Å². The number of urea groups is 1. The van der Waals surface area contributed by atoms with E-state index >= 15 is 0 Å². The van der Waals surface area contributed by atoms with Crippen molar-refractivity contribution in [3.05, 3.63) is 34.2 Å². The number of nitrogens with zero attached hydrogens (tertiary/aromatic N) is 2. The van der Waals surface area contributed by atoms with Gasteiger partial charge < -0.3 is 5.32 Å². The van der Waals surface area contributed by atoms with Gasteiger partial charge in [-0.3, -0.25) is 10.00 Å². The number of carbonyl (C=O) groups is 1. The lowest BCUT2D eigenvalue weighted by Crippen LogP contribution is -2.31. The van der Waals surface area contributed by atoms with Gasteiger partial charge in [0.05, 0.1) is 11.7 Å². The largest absolute Gasteiger partial charge is 0.330 e. The number of aryl methyl sites for hydroxylation is 2. The fraction of sp³-hybridized carbons (Fsp3) is 0.333. The summed E-state index contributed by atoms with van der Waals surface area (Å²) in [5.41, 5.74) is 0.874. The highest BCUT2D eigenvalue weighted by Crippen LogP contribution is 2.18. The van der Waals surface area contributed by atoms with Gasteiger partial charge in [0.15, 0.2) is 0 Å². The van der Waals surface area contributed by atoms with Crippen LogP contribution in [0.15, 0.2) is 23.6 Å². The molecule has 1 atom stereocenters. The van der Waals surface area contributed by atoms with Crippen LogP contribution in [-0.2, 0) is 7.05 Å². The zero-order valence-corrected chi connectivity index (χ0v) is 11.4. The fourth-order valence-electron chi connectivity index (χ4n) is 1.69. The van der Waals surface area contributed by atoms with Crippen molar-refractivity contribution in [3.63, 3.8) is 0 Å². The molecule has 0 bridgehead atoms. The number of hydrogen-bond acceptors (Lipinski definition) is 3. The van der Waals surface area contributed by atoms with E-state index in [0.29, 0.717) is 5.82 Å². The Morgan fingerprint density at radius 1 is 1.56 bits per heavy atom. The molecule has 6 heteroatoms. The molecule has 2 N–H and O–H groups in total. The third kappa shape index (κ3) is 2.89. The molecule has 2 heterocycles. The van der Waals surface area contributed by atoms with Crippen LogP contribution in [0.2, 0.25) is 0 Å². The molecule has 0 unspecified atom stereocenters. The summed E-state index contributed by atoms with van der Waals surface area (Å²) in [6.07, 6.45) is 0. The monoisotopic (exact) mass is 264 g/mol. The van der Waals surface area contributed by atoms with Gasteiger partial charge in [-0.25, -0.2) is 4.79 Å². The second-order valence-corrected chi connectivity index (χ2v) is 5.11. The summed E-state index contributed by atoms with van der Waals surface area (Å²) in [7, 11) is 1.80. The van der Waals surface area contributed by atoms with Crippen LogP contribution in [0.3, 0.4) is 0 Å². The van der Waals surface area contributed by atoms with E-state index in [1.807, 2.05) is 37.4 Å². The van der Waals surface area contributed by atoms with Gasteiger partial charge in [-0.1, -0.05) is 6.07 Å². The van der Waals surface area contributed by atoms with Crippen molar-refractivity contribution in [2.75, 3.05) is 5.32 Å². The normalized spacial score (nSPS) is 12.2. The first-order valence-corrected chi connectivity index (χ1v) is 6.56. The van der Waals surface area contributed by atoms with Crippen molar-refractivity contribution in [3.8, 4) is 0 Å². The average molecular weight is 264 g/mol. The Kier molecular flexibility index (Phi) is 3.66. The van der Waals surface area contributed by atoms with Crippen LogP contribution >= 0.6 is 11.3 Å². The highest BCUT2D eigenvalue weighted by Gasteiger charge is 2.11. The second-order valence-electron chi connectivity index (χ2n) is 4.13. The predicted octanol–water partition coefficient (Wildman–Crippen LogP) is 2.67. The van der Waals surface area contributed by atoms with Crippen LogP contribution in [0.4, 0.5) is 10.6 Å². The molecule has 96 valence electrons. The summed E-state index contributed by atoms with van der Waals surface area (Å²) in [5.74, 6) is 0.684. The SMILES string of the molecule is Cc1cc(NC(=O)N[C@@H](C)c2cccs2)n(C)n1. The molecule has 18 heavy (non-hydrogen) atoms. The quantitative estimate of drug-likeness (QED) is 0.895. The maximum Gasteiger partial charge on any atom is 0.320 e. The number of anilines is 1. The Bertz CT molecular complexity index is 532. The van der Waals surface area contributed by atoms with Crippen molar-refractivity contribution in [2.24, 2.45) is 7.05 Å². The number of nitrogens with one attached hydrogen (secondary N) is 2. The molecule has 0 fully saturated rings. The smallest absolute Gasteiger partial charge is 0.320 e. The van der Waals surface area contributed by atoms with Gasteiger partial charge in [0.2, 0.25) is 0 Å². The molecule has 2 aromatic rings. The number of hydrogen-bond donors (Lipinski definition) is 2. The van der Waals surface area contributed by atoms with Gasteiger partial charge in [-0.05, 0) is 25.3 Å². The molecule has 0 radical (unpaired) electrons. The van der Waals surface area contributed by atoms with Crippen LogP contribution in [-0.4, -0.2) is 15.8 Å². The van der Waals surface area contributed by atoms with Crippen molar-refractivity contribution in [2.45, 2.75) is 19.9 Å². The molecule has 2 aromatic heterocycles. The van der Waals surface area contributed by atoms with Crippen LogP contribution in [0.25, 0.3) is 0 Å². The summed E-state index contributed by atoms with van der Waals surface area (Å²) in [6, 6.07) is 5.58. The lowest BCUT2D eigenvalue weighted by Gasteiger charge is -2.13. The van der Waals surface area contributed by atoms with E-state index in [4.69, 9.17) is 0 Å². The van der Waals surface area contributed by atoms with E-state index in [1.54, 1.807) is 23.1 Å². The Balaban J connectivity index is 1.95. The van der Waals surface area contributed by atoms with Gasteiger partial charge in [-0.15, -0.1) is 11.3 Å². The van der Waals surface area contributed by atoms with Crippen molar-refractivity contribution >= 4 is 23.2 Å². The Labute approximate surface area is 110 Å². The number of thiophene rings is 1. The van der Waals surface area contributed by atoms with Gasteiger partial charge in [0.25, 0.3) is 0 Å². The Morgan fingerprint density at radius 3 is 2.89 bits per heavy atom. The maximum atomic E-state index is 11.8. The number of amides is 2. The van der Waals surface area contributed by atoms with Crippen LogP contribution in [0, 0.1) is 6.92 Å². The molecule has 0 aliphatic carbocycles. The van der Waals surface area contributed by atoms with E-state index in [2.05, 4.69) is 15.7 Å². The van der Waals surface area contributed by atoms with Gasteiger partial charge in [0.1, 0.15) is 5.82 Å². The molecule has 5 nitrogen and oxygen atoms in total. The first kappa shape index (κ1) is 12.6. The zero-order valence-electron chi connectivity index (χ0n) is 10.6. The molecule has 2 amide bonds. The van der Waals surface area contributed by atoms with E-state index < -0.39 is 0 Å². The Morgan fingerprint density at radius 2 is 2.33 bits per heavy atom. The molecule has 2 rings (SSSR count). The molecule has 0 saturated heterocycles. The van der Waals surface area contributed by atoms with Crippen molar-refractivity contribution in [1.29, 1.82) is 0 Å². The highest BCUT2D eigenvalue weighted by atomic mass is 32.1. The first-order chi connectivity index (χ1) is 8.56. The summed E-state index contributed by atoms with van der Waals surface area (Å²) < 4.78 is 1.64. The third-order valence-corrected chi connectivity index (χ3v) is 3.62. The minimum atomic E-state index is -0.223. The lowest BCUT2D eigenvalue weighted by molar-refractivity contribution is 0.249. The van der Waals surface area contributed by atoms with Crippen LogP contribution in [0.5, 0.6) is 0 Å². The second kappa shape index (κ2) is 5.22. The predicted molar refractivity (Wildman–Crippen MR) is 72.8 cm³/mol. The van der Waals surface area contributed by atoms with E-state index in [0.717, 1.165) is 10.6 Å². The third-order valence-electron chi connectivity index (χ3n) is 2.56. The lowest BCUT2D eigenvalue weighted by atomic mass is 10.3. The number of carbonyl (C=O) groups excluding carboxylic acids is 1. The minimum Gasteiger partial charge on any atom is -0.330 e. The molecule has 0 aromatic carbocycles. The van der Waals surface area contributed by atoms with Crippen LogP contribution in [0.1, 0.15) is 23.5 Å². The van der Waals surface area contributed by atoms with E-state index in [-0.39, 0.29) is 12.1 Å². The van der Waals surface area contributed by atoms with Crippen molar-refractivity contribution in [1.82, 2.24) is 15.1 Å². The zero-order chi connectivity index (χ0) is 13.1. The fourth-order valence-corrected chi connectivity index (χ4v) is 2.42. The molecule has 0 saturated carbocycles. The molecule has 0 aliphatic heterocycles. The molecule has 0 spiro atoms. The summed E-state index contributed by atoms with van der Waals surface area (Å²) >= 11 is 1.63. The molecular formula is C12H16N4OS. The Hall–Kier alpha value is -1.82. The summed E-state index contributed by atoms with van der Waals surface area (Å²) in [6.45, 7) is 3.84. The number of aromatic nitrogens is 2. The first-order valence-electron chi connectivity index (χ1n) is 5.68. The van der Waals surface area contributed by atoms with Gasteiger partial charge in [-0.2, -0.15) is 5.10 Å². The maximum absolute atomic E-state index is 11.8. The summed E-state index contributed by atoms with van der Waals surface area (Å²) in [4.78, 5) is 13.0. The summed E-state index contributed by atoms with van der Waals surface area (Å²) in [5, 5.41) is 11.8. The van der Waals surface area contributed by atoms with Gasteiger partial charge >= 0.3 is 6.03 Å². The van der Waals surface area contributed by atoms with E-state index in [1.165, 1.54) is 0 Å². The minimum absolute atomic E-state index is 0.000625.